The van der Waals surface area contributed by atoms with Gasteiger partial charge < -0.3 is 5.32 Å². The maximum atomic E-state index is 13.1. The molecule has 0 fully saturated rings. The van der Waals surface area contributed by atoms with E-state index < -0.39 is 10.7 Å². The van der Waals surface area contributed by atoms with Gasteiger partial charge in [-0.25, -0.2) is 14.4 Å². The predicted molar refractivity (Wildman–Crippen MR) is 63.6 cm³/mol. The van der Waals surface area contributed by atoms with Gasteiger partial charge in [0.15, 0.2) is 5.69 Å². The number of rotatable bonds is 3. The molecule has 2 rings (SSSR count). The molecule has 0 aliphatic carbocycles. The van der Waals surface area contributed by atoms with Crippen molar-refractivity contribution in [3.8, 4) is 11.3 Å². The third kappa shape index (κ3) is 2.10. The molecule has 0 saturated carbocycles. The van der Waals surface area contributed by atoms with Crippen molar-refractivity contribution in [3.63, 3.8) is 0 Å². The van der Waals surface area contributed by atoms with Crippen LogP contribution in [0.2, 0.25) is 0 Å². The zero-order valence-electron chi connectivity index (χ0n) is 9.42. The van der Waals surface area contributed by atoms with Crippen LogP contribution < -0.4 is 5.32 Å². The highest BCUT2D eigenvalue weighted by Crippen LogP contribution is 2.32. The van der Waals surface area contributed by atoms with Crippen LogP contribution in [0.1, 0.15) is 0 Å². The fraction of sp³-hybridized carbons (Fsp3) is 0.0909. The molecule has 0 aliphatic heterocycles. The quantitative estimate of drug-likeness (QED) is 0.665. The molecular weight excluding hydrogens is 239 g/mol. The van der Waals surface area contributed by atoms with E-state index in [0.717, 1.165) is 0 Å². The summed E-state index contributed by atoms with van der Waals surface area (Å²) in [4.78, 5) is 18.1. The number of hydrogen-bond donors (Lipinski definition) is 1. The number of nitro groups is 1. The highest BCUT2D eigenvalue weighted by atomic mass is 19.1. The van der Waals surface area contributed by atoms with Crippen LogP contribution in [0.4, 0.5) is 15.9 Å². The molecule has 0 saturated heterocycles. The van der Waals surface area contributed by atoms with Gasteiger partial charge in [-0.15, -0.1) is 0 Å². The molecule has 1 aromatic heterocycles. The van der Waals surface area contributed by atoms with Gasteiger partial charge >= 0.3 is 5.69 Å². The van der Waals surface area contributed by atoms with Gasteiger partial charge in [0.2, 0.25) is 5.82 Å². The largest absolute Gasteiger partial charge is 0.367 e. The molecule has 6 nitrogen and oxygen atoms in total. The third-order valence-corrected chi connectivity index (χ3v) is 2.34. The van der Waals surface area contributed by atoms with Crippen molar-refractivity contribution in [2.24, 2.45) is 0 Å². The molecular formula is C11H9FN4O2. The molecule has 0 atom stereocenters. The van der Waals surface area contributed by atoms with Crippen molar-refractivity contribution >= 4 is 11.5 Å². The fourth-order valence-corrected chi connectivity index (χ4v) is 1.58. The van der Waals surface area contributed by atoms with E-state index in [1.54, 1.807) is 6.07 Å². The molecule has 2 aromatic rings. The Bertz CT molecular complexity index is 603. The molecule has 1 heterocycles. The Morgan fingerprint density at radius 2 is 2.17 bits per heavy atom. The van der Waals surface area contributed by atoms with Gasteiger partial charge in [0.1, 0.15) is 12.1 Å². The van der Waals surface area contributed by atoms with Gasteiger partial charge in [-0.1, -0.05) is 12.1 Å². The fourth-order valence-electron chi connectivity index (χ4n) is 1.58. The molecule has 1 aromatic carbocycles. The Morgan fingerprint density at radius 1 is 1.39 bits per heavy atom. The van der Waals surface area contributed by atoms with Crippen LogP contribution in [0.5, 0.6) is 0 Å². The monoisotopic (exact) mass is 248 g/mol. The maximum absolute atomic E-state index is 13.1. The predicted octanol–water partition coefficient (Wildman–Crippen LogP) is 2.23. The van der Waals surface area contributed by atoms with Crippen molar-refractivity contribution < 1.29 is 9.31 Å². The van der Waals surface area contributed by atoms with Crippen LogP contribution in [0.25, 0.3) is 11.3 Å². The summed E-state index contributed by atoms with van der Waals surface area (Å²) in [6.45, 7) is 0. The van der Waals surface area contributed by atoms with Crippen LogP contribution >= 0.6 is 0 Å². The van der Waals surface area contributed by atoms with Crippen molar-refractivity contribution in [2.45, 2.75) is 0 Å². The molecule has 0 unspecified atom stereocenters. The Balaban J connectivity index is 2.67. The lowest BCUT2D eigenvalue weighted by atomic mass is 10.1. The molecule has 7 heteroatoms. The van der Waals surface area contributed by atoms with Gasteiger partial charge in [-0.3, -0.25) is 10.1 Å². The van der Waals surface area contributed by atoms with E-state index in [-0.39, 0.29) is 17.2 Å². The molecule has 0 radical (unpaired) electrons. The zero-order chi connectivity index (χ0) is 13.1. The normalized spacial score (nSPS) is 10.1. The summed E-state index contributed by atoms with van der Waals surface area (Å²) in [5, 5.41) is 13.7. The van der Waals surface area contributed by atoms with Gasteiger partial charge in [0.05, 0.1) is 4.92 Å². The first-order valence-electron chi connectivity index (χ1n) is 5.06. The number of anilines is 1. The van der Waals surface area contributed by atoms with Gasteiger partial charge in [-0.2, -0.15) is 0 Å². The zero-order valence-corrected chi connectivity index (χ0v) is 9.42. The average molecular weight is 248 g/mol. The summed E-state index contributed by atoms with van der Waals surface area (Å²) >= 11 is 0. The van der Waals surface area contributed by atoms with Crippen LogP contribution in [0.15, 0.2) is 30.6 Å². The Kier molecular flexibility index (Phi) is 3.13. The van der Waals surface area contributed by atoms with Crippen LogP contribution in [-0.4, -0.2) is 21.9 Å². The van der Waals surface area contributed by atoms with Crippen LogP contribution in [0, 0.1) is 15.9 Å². The molecule has 18 heavy (non-hydrogen) atoms. The minimum absolute atomic E-state index is 0.0823. The summed E-state index contributed by atoms with van der Waals surface area (Å²) in [5.41, 5.74) is 0.144. The third-order valence-electron chi connectivity index (χ3n) is 2.34. The first-order valence-corrected chi connectivity index (χ1v) is 5.06. The smallest absolute Gasteiger partial charge is 0.337 e. The van der Waals surface area contributed by atoms with Gasteiger partial charge in [0.25, 0.3) is 0 Å². The number of aromatic nitrogens is 2. The average Bonchev–Trinajstić information content (AvgIpc) is 2.37. The topological polar surface area (TPSA) is 81.0 Å². The number of halogens is 1. The molecule has 1 N–H and O–H groups in total. The first-order chi connectivity index (χ1) is 8.63. The van der Waals surface area contributed by atoms with Crippen molar-refractivity contribution in [2.75, 3.05) is 12.4 Å². The number of benzene rings is 1. The Morgan fingerprint density at radius 3 is 2.78 bits per heavy atom. The van der Waals surface area contributed by atoms with E-state index in [2.05, 4.69) is 15.3 Å². The van der Waals surface area contributed by atoms with Crippen LogP contribution in [-0.2, 0) is 0 Å². The second-order valence-corrected chi connectivity index (χ2v) is 3.44. The molecule has 0 spiro atoms. The van der Waals surface area contributed by atoms with Crippen molar-refractivity contribution in [1.29, 1.82) is 0 Å². The van der Waals surface area contributed by atoms with Gasteiger partial charge in [0, 0.05) is 12.6 Å². The second kappa shape index (κ2) is 4.74. The van der Waals surface area contributed by atoms with E-state index in [4.69, 9.17) is 0 Å². The summed E-state index contributed by atoms with van der Waals surface area (Å²) in [6, 6.07) is 5.47. The lowest BCUT2D eigenvalue weighted by Crippen LogP contribution is -2.03. The lowest BCUT2D eigenvalue weighted by molar-refractivity contribution is -0.383. The van der Waals surface area contributed by atoms with Crippen molar-refractivity contribution in [1.82, 2.24) is 9.97 Å². The highest BCUT2D eigenvalue weighted by Gasteiger charge is 2.23. The van der Waals surface area contributed by atoms with E-state index >= 15 is 0 Å². The summed E-state index contributed by atoms with van der Waals surface area (Å²) in [7, 11) is 1.52. The van der Waals surface area contributed by atoms with Crippen molar-refractivity contribution in [3.05, 3.63) is 46.5 Å². The first kappa shape index (κ1) is 11.9. The molecule has 0 amide bonds. The van der Waals surface area contributed by atoms with E-state index in [1.807, 2.05) is 0 Å². The SMILES string of the molecule is CNc1ncnc(-c2cccc(F)c2)c1[N+](=O)[O-]. The molecule has 92 valence electrons. The maximum Gasteiger partial charge on any atom is 0.337 e. The number of nitrogens with zero attached hydrogens (tertiary/aromatic N) is 3. The van der Waals surface area contributed by atoms with Crippen LogP contribution in [0.3, 0.4) is 0 Å². The van der Waals surface area contributed by atoms with E-state index in [9.17, 15) is 14.5 Å². The second-order valence-electron chi connectivity index (χ2n) is 3.44. The summed E-state index contributed by atoms with van der Waals surface area (Å²) in [5.74, 6) is -0.388. The molecule has 0 aliphatic rings. The summed E-state index contributed by atoms with van der Waals surface area (Å²) < 4.78 is 13.1. The highest BCUT2D eigenvalue weighted by molar-refractivity contribution is 5.76. The van der Waals surface area contributed by atoms with E-state index in [0.29, 0.717) is 5.56 Å². The number of hydrogen-bond acceptors (Lipinski definition) is 5. The Labute approximate surface area is 102 Å². The minimum atomic E-state index is -0.591. The number of nitrogens with one attached hydrogen (secondary N) is 1. The van der Waals surface area contributed by atoms with E-state index in [1.165, 1.54) is 31.6 Å². The minimum Gasteiger partial charge on any atom is -0.367 e. The lowest BCUT2D eigenvalue weighted by Gasteiger charge is -2.05. The summed E-state index contributed by atoms with van der Waals surface area (Å²) in [6.07, 6.45) is 1.19. The molecule has 0 bridgehead atoms. The van der Waals surface area contributed by atoms with Gasteiger partial charge in [-0.05, 0) is 12.1 Å². The Hall–Kier alpha value is -2.57. The standard InChI is InChI=1S/C11H9FN4O2/c1-13-11-10(16(17)18)9(14-6-15-11)7-3-2-4-8(12)5-7/h2-6H,1H3,(H,13,14,15).